The number of rotatable bonds is 1. The molecule has 1 aromatic rings. The molecule has 1 saturated heterocycles. The first kappa shape index (κ1) is 12.9. The summed E-state index contributed by atoms with van der Waals surface area (Å²) in [6.45, 7) is 2.66. The van der Waals surface area contributed by atoms with Crippen LogP contribution in [0.5, 0.6) is 0 Å². The van der Waals surface area contributed by atoms with Gasteiger partial charge in [0, 0.05) is 25.7 Å². The van der Waals surface area contributed by atoms with E-state index in [1.165, 1.54) is 6.07 Å². The first-order valence-electron chi connectivity index (χ1n) is 4.95. The highest BCUT2D eigenvalue weighted by atomic mass is 35.5. The van der Waals surface area contributed by atoms with Gasteiger partial charge < -0.3 is 10.6 Å². The maximum Gasteiger partial charge on any atom is 0.140 e. The van der Waals surface area contributed by atoms with Crippen molar-refractivity contribution >= 4 is 12.4 Å². The minimum atomic E-state index is -0.454. The summed E-state index contributed by atoms with van der Waals surface area (Å²) in [5.41, 5.74) is 1.07. The lowest BCUT2D eigenvalue weighted by Gasteiger charge is -2.24. The highest BCUT2D eigenvalue weighted by Crippen LogP contribution is 2.17. The molecule has 3 nitrogen and oxygen atoms in total. The van der Waals surface area contributed by atoms with E-state index in [1.54, 1.807) is 12.1 Å². The molecule has 1 heterocycles. The molecule has 1 aromatic carbocycles. The van der Waals surface area contributed by atoms with Gasteiger partial charge in [-0.15, -0.1) is 12.4 Å². The van der Waals surface area contributed by atoms with E-state index < -0.39 is 5.82 Å². The molecule has 0 spiro atoms. The van der Waals surface area contributed by atoms with Gasteiger partial charge in [-0.1, -0.05) is 6.07 Å². The summed E-state index contributed by atoms with van der Waals surface area (Å²) < 4.78 is 13.1. The molecule has 1 aliphatic heterocycles. The maximum absolute atomic E-state index is 13.1. The zero-order chi connectivity index (χ0) is 10.7. The van der Waals surface area contributed by atoms with Crippen LogP contribution >= 0.6 is 12.4 Å². The van der Waals surface area contributed by atoms with Gasteiger partial charge in [0.1, 0.15) is 11.9 Å². The van der Waals surface area contributed by atoms with Crippen molar-refractivity contribution in [3.8, 4) is 6.07 Å². The molecule has 1 atom stereocenters. The van der Waals surface area contributed by atoms with Crippen LogP contribution < -0.4 is 10.6 Å². The Labute approximate surface area is 100 Å². The first-order valence-corrected chi connectivity index (χ1v) is 4.95. The molecule has 86 valence electrons. The largest absolute Gasteiger partial charge is 0.314 e. The van der Waals surface area contributed by atoms with Gasteiger partial charge in [-0.2, -0.15) is 5.26 Å². The number of benzene rings is 1. The lowest BCUT2D eigenvalue weighted by molar-refractivity contribution is 0.429. The van der Waals surface area contributed by atoms with E-state index >= 15 is 0 Å². The Bertz CT molecular complexity index is 397. The van der Waals surface area contributed by atoms with Gasteiger partial charge in [0.15, 0.2) is 0 Å². The van der Waals surface area contributed by atoms with E-state index in [4.69, 9.17) is 5.26 Å². The summed E-state index contributed by atoms with van der Waals surface area (Å²) >= 11 is 0. The summed E-state index contributed by atoms with van der Waals surface area (Å²) in [5.74, 6) is -0.454. The van der Waals surface area contributed by atoms with Crippen molar-refractivity contribution in [2.24, 2.45) is 0 Å². The standard InChI is InChI=1S/C11H12FN3.ClH/c12-10-2-1-8(5-9(10)6-13)11-7-14-3-4-15-11;/h1-2,5,11,14-15H,3-4,7H2;1H/t11-;/m0./s1. The number of piperazine rings is 1. The molecule has 0 saturated carbocycles. The van der Waals surface area contributed by atoms with Crippen molar-refractivity contribution in [2.45, 2.75) is 6.04 Å². The topological polar surface area (TPSA) is 47.9 Å². The van der Waals surface area contributed by atoms with Crippen molar-refractivity contribution < 1.29 is 4.39 Å². The van der Waals surface area contributed by atoms with E-state index in [0.717, 1.165) is 25.2 Å². The molecular formula is C11H13ClFN3. The average Bonchev–Trinajstić information content (AvgIpc) is 2.31. The molecule has 0 aliphatic carbocycles. The lowest BCUT2D eigenvalue weighted by atomic mass is 10.0. The van der Waals surface area contributed by atoms with Crippen LogP contribution in [0.4, 0.5) is 4.39 Å². The van der Waals surface area contributed by atoms with Gasteiger partial charge >= 0.3 is 0 Å². The van der Waals surface area contributed by atoms with Crippen molar-refractivity contribution in [3.63, 3.8) is 0 Å². The molecule has 5 heteroatoms. The third kappa shape index (κ3) is 2.70. The molecule has 1 aliphatic rings. The highest BCUT2D eigenvalue weighted by molar-refractivity contribution is 5.85. The quantitative estimate of drug-likeness (QED) is 0.781. The number of hydrogen-bond donors (Lipinski definition) is 2. The first-order chi connectivity index (χ1) is 7.31. The van der Waals surface area contributed by atoms with Crippen LogP contribution in [-0.4, -0.2) is 19.6 Å². The van der Waals surface area contributed by atoms with E-state index in [-0.39, 0.29) is 24.0 Å². The van der Waals surface area contributed by atoms with Crippen molar-refractivity contribution in [3.05, 3.63) is 35.1 Å². The number of nitrogens with zero attached hydrogens (tertiary/aromatic N) is 1. The van der Waals surface area contributed by atoms with Crippen LogP contribution in [0.3, 0.4) is 0 Å². The third-order valence-corrected chi connectivity index (χ3v) is 2.55. The minimum Gasteiger partial charge on any atom is -0.314 e. The predicted octanol–water partition coefficient (Wildman–Crippen LogP) is 1.35. The second-order valence-corrected chi connectivity index (χ2v) is 3.56. The molecule has 16 heavy (non-hydrogen) atoms. The second-order valence-electron chi connectivity index (χ2n) is 3.56. The highest BCUT2D eigenvalue weighted by Gasteiger charge is 2.15. The van der Waals surface area contributed by atoms with E-state index in [1.807, 2.05) is 6.07 Å². The van der Waals surface area contributed by atoms with Crippen LogP contribution in [0, 0.1) is 17.1 Å². The van der Waals surface area contributed by atoms with E-state index in [2.05, 4.69) is 10.6 Å². The fourth-order valence-electron chi connectivity index (χ4n) is 1.73. The molecule has 0 amide bonds. The molecule has 0 bridgehead atoms. The summed E-state index contributed by atoms with van der Waals surface area (Å²) in [5, 5.41) is 15.3. The van der Waals surface area contributed by atoms with Gasteiger partial charge in [0.2, 0.25) is 0 Å². The Kier molecular flexibility index (Phi) is 4.69. The van der Waals surface area contributed by atoms with Crippen LogP contribution in [-0.2, 0) is 0 Å². The predicted molar refractivity (Wildman–Crippen MR) is 62.0 cm³/mol. The monoisotopic (exact) mass is 241 g/mol. The van der Waals surface area contributed by atoms with Crippen molar-refractivity contribution in [1.82, 2.24) is 10.6 Å². The number of hydrogen-bond acceptors (Lipinski definition) is 3. The molecule has 0 radical (unpaired) electrons. The summed E-state index contributed by atoms with van der Waals surface area (Å²) in [4.78, 5) is 0. The zero-order valence-corrected chi connectivity index (χ0v) is 9.48. The fraction of sp³-hybridized carbons (Fsp3) is 0.364. The number of nitriles is 1. The van der Waals surface area contributed by atoms with Crippen molar-refractivity contribution in [2.75, 3.05) is 19.6 Å². The molecule has 0 unspecified atom stereocenters. The lowest BCUT2D eigenvalue weighted by Crippen LogP contribution is -2.42. The fourth-order valence-corrected chi connectivity index (χ4v) is 1.73. The smallest absolute Gasteiger partial charge is 0.140 e. The van der Waals surface area contributed by atoms with Crippen LogP contribution in [0.25, 0.3) is 0 Å². The molecular weight excluding hydrogens is 229 g/mol. The molecule has 2 N–H and O–H groups in total. The summed E-state index contributed by atoms with van der Waals surface area (Å²) in [6, 6.07) is 6.71. The Morgan fingerprint density at radius 3 is 2.81 bits per heavy atom. The summed E-state index contributed by atoms with van der Waals surface area (Å²) in [7, 11) is 0. The molecule has 0 aromatic heterocycles. The number of nitrogens with one attached hydrogen (secondary N) is 2. The van der Waals surface area contributed by atoms with Crippen LogP contribution in [0.15, 0.2) is 18.2 Å². The van der Waals surface area contributed by atoms with Gasteiger partial charge in [0.25, 0.3) is 0 Å². The maximum atomic E-state index is 13.1. The molecule has 2 rings (SSSR count). The minimum absolute atomic E-state index is 0. The Balaban J connectivity index is 0.00000128. The SMILES string of the molecule is Cl.N#Cc1cc([C@@H]2CNCCN2)ccc1F. The van der Waals surface area contributed by atoms with Crippen LogP contribution in [0.2, 0.25) is 0 Å². The zero-order valence-electron chi connectivity index (χ0n) is 8.66. The van der Waals surface area contributed by atoms with Gasteiger partial charge in [-0.05, 0) is 17.7 Å². The number of halogens is 2. The normalized spacial score (nSPS) is 19.6. The Morgan fingerprint density at radius 1 is 1.38 bits per heavy atom. The van der Waals surface area contributed by atoms with Crippen molar-refractivity contribution in [1.29, 1.82) is 5.26 Å². The molecule has 1 fully saturated rings. The third-order valence-electron chi connectivity index (χ3n) is 2.55. The van der Waals surface area contributed by atoms with Gasteiger partial charge in [0.05, 0.1) is 5.56 Å². The van der Waals surface area contributed by atoms with Crippen LogP contribution in [0.1, 0.15) is 17.2 Å². The van der Waals surface area contributed by atoms with E-state index in [0.29, 0.717) is 0 Å². The van der Waals surface area contributed by atoms with Gasteiger partial charge in [-0.25, -0.2) is 4.39 Å². The average molecular weight is 242 g/mol. The Morgan fingerprint density at radius 2 is 2.19 bits per heavy atom. The van der Waals surface area contributed by atoms with E-state index in [9.17, 15) is 4.39 Å². The Hall–Kier alpha value is -1.15. The second kappa shape index (κ2) is 5.80. The van der Waals surface area contributed by atoms with Gasteiger partial charge in [-0.3, -0.25) is 0 Å². The summed E-state index contributed by atoms with van der Waals surface area (Å²) in [6.07, 6.45) is 0.